The molecule has 0 aliphatic carbocycles. The fourth-order valence-electron chi connectivity index (χ4n) is 0.755. The number of terminal acetylenes is 2. The average molecular weight is 340 g/mol. The van der Waals surface area contributed by atoms with Crippen molar-refractivity contribution in [2.45, 2.75) is 0 Å². The van der Waals surface area contributed by atoms with E-state index in [-0.39, 0.29) is 0 Å². The summed E-state index contributed by atoms with van der Waals surface area (Å²) in [5.74, 6) is 63.2. The van der Waals surface area contributed by atoms with Crippen LogP contribution < -0.4 is 0 Å². The highest BCUT2D eigenvalue weighted by Crippen LogP contribution is 1.59. The highest BCUT2D eigenvalue weighted by Gasteiger charge is 1.59. The summed E-state index contributed by atoms with van der Waals surface area (Å²) in [6.45, 7) is 0. The van der Waals surface area contributed by atoms with Crippen LogP contribution in [-0.2, 0) is 0 Å². The summed E-state index contributed by atoms with van der Waals surface area (Å²) in [7, 11) is 0. The maximum Gasteiger partial charge on any atom is 0.125 e. The van der Waals surface area contributed by atoms with Gasteiger partial charge in [-0.3, -0.25) is 0 Å². The molecule has 0 aromatic rings. The van der Waals surface area contributed by atoms with E-state index < -0.39 is 0 Å². The first kappa shape index (κ1) is 19.9. The molecule has 0 N–H and O–H groups in total. The second-order valence-corrected chi connectivity index (χ2v) is 3.27. The minimum Gasteiger partial charge on any atom is -0.106 e. The molecule has 0 atom stereocenters. The summed E-state index contributed by atoms with van der Waals surface area (Å²) < 4.78 is 6.53. The normalized spacial score (nSPS) is 4.04. The lowest BCUT2D eigenvalue weighted by atomic mass is 10.4. The highest BCUT2D eigenvalue weighted by molar-refractivity contribution is 5.48. The molecule has 0 aliphatic heterocycles. The van der Waals surface area contributed by atoms with Crippen LogP contribution in [0.2, 0.25) is 0 Å². The zero-order valence-electron chi connectivity index (χ0n) is 15.1. The van der Waals surface area contributed by atoms with E-state index in [1.807, 2.05) is 6.40 Å². The first-order chi connectivity index (χ1) is 14.4. The second-order valence-electron chi connectivity index (χ2n) is 3.27. The van der Waals surface area contributed by atoms with Crippen molar-refractivity contribution in [1.29, 1.82) is 0 Å². The second kappa shape index (κ2) is 20.8. The van der Waals surface area contributed by atoms with Crippen molar-refractivity contribution in [3.05, 3.63) is 0 Å². The van der Waals surface area contributed by atoms with Crippen LogP contribution in [0.5, 0.6) is 0 Å². The first-order valence-corrected chi connectivity index (χ1v) is 6.79. The van der Waals surface area contributed by atoms with Crippen molar-refractivity contribution in [1.82, 2.24) is 0 Å². The number of hydrogen-bond donors (Lipinski definition) is 0. The van der Waals surface area contributed by atoms with Crippen LogP contribution in [0.3, 0.4) is 0 Å². The molecule has 0 rings (SSSR count). The van der Waals surface area contributed by atoms with Crippen molar-refractivity contribution in [2.24, 2.45) is 0 Å². The van der Waals surface area contributed by atoms with Gasteiger partial charge in [0.25, 0.3) is 0 Å². The standard InChI is InChI=1S/C28H2/c1-3-5-7-9-11-13-15-17-19-21-23-25-27-28-26-24-22-20-18-16-14-12-10-8-6-4-2/h1-2H/i1T. The van der Waals surface area contributed by atoms with E-state index in [1.165, 1.54) is 0 Å². The zero-order chi connectivity index (χ0) is 21.1. The van der Waals surface area contributed by atoms with Gasteiger partial charge in [-0.2, -0.15) is 0 Å². The molecule has 28 heavy (non-hydrogen) atoms. The van der Waals surface area contributed by atoms with Crippen molar-refractivity contribution in [3.8, 4) is 167 Å². The molecule has 0 radical (unpaired) electrons. The minimum atomic E-state index is 1.87. The average Bonchev–Trinajstić information content (AvgIpc) is 2.74. The molecule has 0 fully saturated rings. The van der Waals surface area contributed by atoms with Gasteiger partial charge < -0.3 is 0 Å². The molecular weight excluding hydrogens is 336 g/mol. The van der Waals surface area contributed by atoms with E-state index in [2.05, 4.69) is 154 Å². The van der Waals surface area contributed by atoms with Crippen LogP contribution in [0.4, 0.5) is 0 Å². The van der Waals surface area contributed by atoms with Gasteiger partial charge in [-0.15, -0.1) is 12.8 Å². The quantitative estimate of drug-likeness (QED) is 0.557. The van der Waals surface area contributed by atoms with Gasteiger partial charge in [-0.1, -0.05) is 0 Å². The van der Waals surface area contributed by atoms with Crippen LogP contribution in [0.15, 0.2) is 0 Å². The monoisotopic (exact) mass is 340 g/mol. The molecule has 0 bridgehead atoms. The summed E-state index contributed by atoms with van der Waals surface area (Å²) in [6.07, 6.45) is 6.79. The fraction of sp³-hybridized carbons (Fsp3) is 0. The van der Waals surface area contributed by atoms with Gasteiger partial charge in [0.15, 0.2) is 0 Å². The van der Waals surface area contributed by atoms with Crippen LogP contribution in [0, 0.1) is 167 Å². The maximum atomic E-state index is 6.53. The molecular formula is C28H2. The Hall–Kier alpha value is -6.16. The predicted octanol–water partition coefficient (Wildman–Crippen LogP) is 0.294. The molecule has 0 heteroatoms. The number of rotatable bonds is 0. The van der Waals surface area contributed by atoms with Crippen molar-refractivity contribution < 1.29 is 1.37 Å². The van der Waals surface area contributed by atoms with E-state index in [4.69, 9.17) is 7.79 Å². The van der Waals surface area contributed by atoms with Gasteiger partial charge in [0.05, 0.1) is 0 Å². The number of hydrogen-bond acceptors (Lipinski definition) is 0. The summed E-state index contributed by atoms with van der Waals surface area (Å²) in [4.78, 5) is 0. The molecule has 0 amide bonds. The van der Waals surface area contributed by atoms with E-state index in [1.54, 1.807) is 0 Å². The van der Waals surface area contributed by atoms with E-state index in [0.717, 1.165) is 0 Å². The Balaban J connectivity index is 4.45. The van der Waals surface area contributed by atoms with Crippen molar-refractivity contribution in [2.75, 3.05) is 0 Å². The molecule has 0 saturated carbocycles. The summed E-state index contributed by atoms with van der Waals surface area (Å²) in [5, 5.41) is 0. The van der Waals surface area contributed by atoms with Crippen molar-refractivity contribution >= 4 is 0 Å². The SMILES string of the molecule is [3H]C#CC#CC#CC#CC#CC#CC#CC#CC#CC#CC#CC#CC#CC#C. The van der Waals surface area contributed by atoms with Crippen LogP contribution in [-0.4, -0.2) is 0 Å². The molecule has 0 spiro atoms. The maximum absolute atomic E-state index is 6.53. The van der Waals surface area contributed by atoms with Gasteiger partial charge in [-0.05, 0) is 94.7 Å². The van der Waals surface area contributed by atoms with E-state index in [9.17, 15) is 0 Å². The zero-order valence-corrected chi connectivity index (χ0v) is 14.1. The van der Waals surface area contributed by atoms with Crippen molar-refractivity contribution in [3.63, 3.8) is 0 Å². The molecule has 0 nitrogen and oxygen atoms in total. The molecule has 0 aliphatic rings. The van der Waals surface area contributed by atoms with Gasteiger partial charge in [0.2, 0.25) is 0 Å². The Bertz CT molecular complexity index is 1520. The van der Waals surface area contributed by atoms with Crippen LogP contribution in [0.25, 0.3) is 0 Å². The first-order valence-electron chi connectivity index (χ1n) is 7.29. The summed E-state index contributed by atoms with van der Waals surface area (Å²) in [5.41, 5.74) is 0. The van der Waals surface area contributed by atoms with Crippen LogP contribution >= 0.6 is 0 Å². The molecule has 114 valence electrons. The molecule has 0 unspecified atom stereocenters. The third-order valence-corrected chi connectivity index (χ3v) is 1.57. The molecule has 0 saturated heterocycles. The lowest BCUT2D eigenvalue weighted by molar-refractivity contribution is 2.32. The Kier molecular flexibility index (Phi) is 14.8. The lowest BCUT2D eigenvalue weighted by Gasteiger charge is -1.57. The molecule has 0 aromatic heterocycles. The van der Waals surface area contributed by atoms with E-state index >= 15 is 0 Å². The molecule has 0 aromatic carbocycles. The summed E-state index contributed by atoms with van der Waals surface area (Å²) >= 11 is 0. The van der Waals surface area contributed by atoms with Crippen LogP contribution in [0.1, 0.15) is 1.37 Å². The highest BCUT2D eigenvalue weighted by atomic mass is 13.6. The molecule has 0 heterocycles. The van der Waals surface area contributed by atoms with Gasteiger partial charge in [0.1, 0.15) is 1.37 Å². The lowest BCUT2D eigenvalue weighted by Crippen LogP contribution is -1.57. The third-order valence-electron chi connectivity index (χ3n) is 1.57. The Labute approximate surface area is 168 Å². The van der Waals surface area contributed by atoms with Gasteiger partial charge in [0, 0.05) is 59.2 Å². The smallest absolute Gasteiger partial charge is 0.106 e. The fourth-order valence-corrected chi connectivity index (χ4v) is 0.755. The van der Waals surface area contributed by atoms with E-state index in [0.29, 0.717) is 0 Å². The Morgan fingerprint density at radius 1 is 0.286 bits per heavy atom. The predicted molar refractivity (Wildman–Crippen MR) is 111 cm³/mol. The topological polar surface area (TPSA) is 0 Å². The Morgan fingerprint density at radius 2 is 0.464 bits per heavy atom. The van der Waals surface area contributed by atoms with Gasteiger partial charge in [-0.25, -0.2) is 0 Å². The minimum absolute atomic E-state index is 1.87. The third kappa shape index (κ3) is 19.8. The van der Waals surface area contributed by atoms with Gasteiger partial charge >= 0.3 is 0 Å². The Morgan fingerprint density at radius 3 is 0.643 bits per heavy atom. The summed E-state index contributed by atoms with van der Waals surface area (Å²) in [6, 6.07) is 0. The largest absolute Gasteiger partial charge is 0.125 e.